The summed E-state index contributed by atoms with van der Waals surface area (Å²) >= 11 is 0. The lowest BCUT2D eigenvalue weighted by Gasteiger charge is -2.16. The largest absolute Gasteiger partial charge is 0.465 e. The summed E-state index contributed by atoms with van der Waals surface area (Å²) in [4.78, 5) is 28.9. The minimum absolute atomic E-state index is 0.286. The van der Waals surface area contributed by atoms with Crippen molar-refractivity contribution in [2.75, 3.05) is 12.4 Å². The first kappa shape index (κ1) is 22.5. The van der Waals surface area contributed by atoms with Crippen LogP contribution < -0.4 is 14.8 Å². The number of amides is 1. The van der Waals surface area contributed by atoms with Crippen molar-refractivity contribution in [3.8, 4) is 23.0 Å². The Bertz CT molecular complexity index is 1290. The summed E-state index contributed by atoms with van der Waals surface area (Å²) in [6.07, 6.45) is 1.34. The minimum Gasteiger partial charge on any atom is -0.465 e. The Balaban J connectivity index is 1.65. The van der Waals surface area contributed by atoms with Gasteiger partial charge in [-0.2, -0.15) is 0 Å². The normalized spacial score (nSPS) is 10.3. The van der Waals surface area contributed by atoms with Crippen molar-refractivity contribution in [1.29, 1.82) is 0 Å². The predicted molar refractivity (Wildman–Crippen MR) is 128 cm³/mol. The van der Waals surface area contributed by atoms with E-state index in [2.05, 4.69) is 15.0 Å². The molecule has 0 bridgehead atoms. The number of aromatic nitrogens is 1. The molecule has 1 heterocycles. The van der Waals surface area contributed by atoms with Crippen LogP contribution in [0.1, 0.15) is 26.3 Å². The number of rotatable bonds is 7. The van der Waals surface area contributed by atoms with Crippen LogP contribution in [0.2, 0.25) is 0 Å². The summed E-state index contributed by atoms with van der Waals surface area (Å²) in [5.41, 5.74) is 1.28. The number of methoxy groups -OCH3 is 1. The molecule has 4 rings (SSSR count). The van der Waals surface area contributed by atoms with E-state index in [-0.39, 0.29) is 11.4 Å². The van der Waals surface area contributed by atoms with Gasteiger partial charge in [0.25, 0.3) is 5.91 Å². The maximum atomic E-state index is 13.2. The summed E-state index contributed by atoms with van der Waals surface area (Å²) in [7, 11) is 1.29. The van der Waals surface area contributed by atoms with Gasteiger partial charge in [0.05, 0.1) is 18.2 Å². The number of nitrogens with zero attached hydrogens (tertiary/aromatic N) is 1. The van der Waals surface area contributed by atoms with E-state index < -0.39 is 11.9 Å². The first-order valence-electron chi connectivity index (χ1n) is 10.5. The zero-order valence-electron chi connectivity index (χ0n) is 18.6. The van der Waals surface area contributed by atoms with E-state index in [1.165, 1.54) is 25.4 Å². The molecule has 0 aliphatic rings. The quantitative estimate of drug-likeness (QED) is 0.344. The Morgan fingerprint density at radius 3 is 2.03 bits per heavy atom. The number of anilines is 1. The van der Waals surface area contributed by atoms with Crippen molar-refractivity contribution >= 4 is 17.7 Å². The molecule has 170 valence electrons. The molecular formula is C27H22N2O5. The second-order valence-electron chi connectivity index (χ2n) is 7.30. The van der Waals surface area contributed by atoms with Gasteiger partial charge in [-0.3, -0.25) is 4.79 Å². The molecule has 1 amide bonds. The third kappa shape index (κ3) is 5.39. The maximum absolute atomic E-state index is 13.2. The van der Waals surface area contributed by atoms with Crippen LogP contribution in [0.5, 0.6) is 23.0 Å². The molecule has 1 aromatic heterocycles. The number of carbonyl (C=O) groups excluding carboxylic acids is 2. The Morgan fingerprint density at radius 2 is 1.44 bits per heavy atom. The molecule has 7 heteroatoms. The number of carbonyl (C=O) groups is 2. The monoisotopic (exact) mass is 454 g/mol. The van der Waals surface area contributed by atoms with Crippen LogP contribution in [0.3, 0.4) is 0 Å². The van der Waals surface area contributed by atoms with Crippen molar-refractivity contribution in [2.45, 2.75) is 6.92 Å². The Hall–Kier alpha value is -4.65. The van der Waals surface area contributed by atoms with Crippen molar-refractivity contribution in [1.82, 2.24) is 4.98 Å². The van der Waals surface area contributed by atoms with Gasteiger partial charge in [0, 0.05) is 17.8 Å². The van der Waals surface area contributed by atoms with Crippen LogP contribution >= 0.6 is 0 Å². The van der Waals surface area contributed by atoms with Gasteiger partial charge in [-0.15, -0.1) is 0 Å². The molecule has 0 aliphatic carbocycles. The molecule has 0 radical (unpaired) electrons. The van der Waals surface area contributed by atoms with Crippen LogP contribution in [0.4, 0.5) is 5.82 Å². The van der Waals surface area contributed by atoms with Crippen molar-refractivity contribution in [3.05, 3.63) is 108 Å². The van der Waals surface area contributed by atoms with Crippen LogP contribution in [0.15, 0.2) is 91.1 Å². The van der Waals surface area contributed by atoms with Crippen LogP contribution in [-0.4, -0.2) is 24.0 Å². The van der Waals surface area contributed by atoms with Gasteiger partial charge < -0.3 is 19.5 Å². The third-order valence-corrected chi connectivity index (χ3v) is 4.95. The van der Waals surface area contributed by atoms with E-state index in [0.29, 0.717) is 34.1 Å². The van der Waals surface area contributed by atoms with Gasteiger partial charge in [0.2, 0.25) is 0 Å². The second kappa shape index (κ2) is 10.3. The van der Waals surface area contributed by atoms with Gasteiger partial charge in [-0.1, -0.05) is 36.4 Å². The van der Waals surface area contributed by atoms with Gasteiger partial charge >= 0.3 is 5.97 Å². The number of nitrogens with one attached hydrogen (secondary N) is 1. The molecule has 3 aromatic carbocycles. The van der Waals surface area contributed by atoms with E-state index in [0.717, 1.165) is 0 Å². The topological polar surface area (TPSA) is 86.8 Å². The molecule has 1 N–H and O–H groups in total. The van der Waals surface area contributed by atoms with E-state index in [4.69, 9.17) is 9.47 Å². The van der Waals surface area contributed by atoms with Crippen molar-refractivity contribution in [3.63, 3.8) is 0 Å². The summed E-state index contributed by atoms with van der Waals surface area (Å²) in [6.45, 7) is 1.80. The predicted octanol–water partition coefficient (Wildman–Crippen LogP) is 6.01. The van der Waals surface area contributed by atoms with E-state index in [1.54, 1.807) is 19.1 Å². The highest BCUT2D eigenvalue weighted by atomic mass is 16.5. The number of hydrogen-bond acceptors (Lipinski definition) is 6. The molecule has 0 spiro atoms. The van der Waals surface area contributed by atoms with Crippen LogP contribution in [0, 0.1) is 6.92 Å². The highest BCUT2D eigenvalue weighted by Gasteiger charge is 2.18. The van der Waals surface area contributed by atoms with E-state index in [1.807, 2.05) is 60.7 Å². The average Bonchev–Trinajstić information content (AvgIpc) is 2.87. The van der Waals surface area contributed by atoms with Crippen molar-refractivity contribution < 1.29 is 23.8 Å². The standard InChI is InChI=1S/C27H22N2O5/c1-18-23(26(30)29-25-14-13-19(17-28-25)27(31)32-2)15-22(33-20-9-5-3-6-10-20)16-24(18)34-21-11-7-4-8-12-21/h3-17H,1-2H3,(H,28,29,30). The maximum Gasteiger partial charge on any atom is 0.339 e. The van der Waals surface area contributed by atoms with Gasteiger partial charge in [-0.05, 0) is 49.4 Å². The number of esters is 1. The van der Waals surface area contributed by atoms with Crippen LogP contribution in [-0.2, 0) is 4.74 Å². The molecule has 0 unspecified atom stereocenters. The molecule has 0 saturated heterocycles. The summed E-state index contributed by atoms with van der Waals surface area (Å²) in [5, 5.41) is 2.75. The number of pyridine rings is 1. The summed E-state index contributed by atoms with van der Waals surface area (Å²) in [6, 6.07) is 25.0. The zero-order valence-corrected chi connectivity index (χ0v) is 18.6. The highest BCUT2D eigenvalue weighted by Crippen LogP contribution is 2.34. The lowest BCUT2D eigenvalue weighted by molar-refractivity contribution is 0.0600. The highest BCUT2D eigenvalue weighted by molar-refractivity contribution is 6.05. The fraction of sp³-hybridized carbons (Fsp3) is 0.0741. The number of para-hydroxylation sites is 2. The molecule has 0 atom stereocenters. The van der Waals surface area contributed by atoms with Crippen LogP contribution in [0.25, 0.3) is 0 Å². The number of ether oxygens (including phenoxy) is 3. The Morgan fingerprint density at radius 1 is 0.794 bits per heavy atom. The van der Waals surface area contributed by atoms with E-state index >= 15 is 0 Å². The van der Waals surface area contributed by atoms with E-state index in [9.17, 15) is 9.59 Å². The summed E-state index contributed by atoms with van der Waals surface area (Å²) < 4.78 is 16.7. The number of hydrogen-bond donors (Lipinski definition) is 1. The van der Waals surface area contributed by atoms with Gasteiger partial charge in [0.15, 0.2) is 0 Å². The lowest BCUT2D eigenvalue weighted by atomic mass is 10.1. The molecule has 4 aromatic rings. The smallest absolute Gasteiger partial charge is 0.339 e. The Kier molecular flexibility index (Phi) is 6.84. The molecule has 0 fully saturated rings. The fourth-order valence-corrected chi connectivity index (χ4v) is 3.19. The second-order valence-corrected chi connectivity index (χ2v) is 7.30. The first-order valence-corrected chi connectivity index (χ1v) is 10.5. The molecule has 0 saturated carbocycles. The van der Waals surface area contributed by atoms with Gasteiger partial charge in [-0.25, -0.2) is 9.78 Å². The lowest BCUT2D eigenvalue weighted by Crippen LogP contribution is -2.15. The zero-order chi connectivity index (χ0) is 23.9. The molecule has 34 heavy (non-hydrogen) atoms. The van der Waals surface area contributed by atoms with Gasteiger partial charge in [0.1, 0.15) is 28.8 Å². The first-order chi connectivity index (χ1) is 16.5. The molecule has 0 aliphatic heterocycles. The molecular weight excluding hydrogens is 432 g/mol. The minimum atomic E-state index is -0.505. The fourth-order valence-electron chi connectivity index (χ4n) is 3.19. The molecule has 7 nitrogen and oxygen atoms in total. The third-order valence-electron chi connectivity index (χ3n) is 4.95. The average molecular weight is 454 g/mol. The summed E-state index contributed by atoms with van der Waals surface area (Å²) in [5.74, 6) is 1.58. The number of benzene rings is 3. The Labute approximate surface area is 196 Å². The van der Waals surface area contributed by atoms with Crippen molar-refractivity contribution in [2.24, 2.45) is 0 Å². The SMILES string of the molecule is COC(=O)c1ccc(NC(=O)c2cc(Oc3ccccc3)cc(Oc3ccccc3)c2C)nc1.